The molecule has 2 aromatic carbocycles. The molecular formula is C31H39F2N5O7. The van der Waals surface area contributed by atoms with Crippen LogP contribution in [-0.4, -0.2) is 76.8 Å². The Labute approximate surface area is 260 Å². The normalized spacial score (nSPS) is 18.0. The van der Waals surface area contributed by atoms with Crippen molar-refractivity contribution in [2.45, 2.75) is 70.8 Å². The number of nitrogens with zero attached hydrogens (tertiary/aromatic N) is 2. The van der Waals surface area contributed by atoms with Crippen LogP contribution in [0.3, 0.4) is 0 Å². The Bertz CT molecular complexity index is 1420. The molecule has 2 aliphatic rings. The van der Waals surface area contributed by atoms with Gasteiger partial charge in [-0.3, -0.25) is 30.0 Å². The van der Waals surface area contributed by atoms with Crippen LogP contribution in [-0.2, 0) is 30.4 Å². The molecule has 1 saturated heterocycles. The standard InChI is InChI=1S/C31H39F2N5O7/c1-17(37(5)30(42)45-31(2,3)4)27(39)34-24(18-11-13-44-14-12-18)29(41)38-16-19-9-10-20(36-43)15-21(19)26(38)28(40)35-25-22(32)7-6-8-23(25)33/h6-10,15,17-18,24,26,36,43H,11-14,16H2,1-5H3,(H,34,39)(H,35,40)/t17-,24?,26-/m0/s1. The second kappa shape index (κ2) is 13.8. The number of fused-ring (bicyclic) bond motifs is 1. The lowest BCUT2D eigenvalue weighted by Gasteiger charge is -2.36. The van der Waals surface area contributed by atoms with E-state index in [2.05, 4.69) is 10.6 Å². The van der Waals surface area contributed by atoms with Gasteiger partial charge in [-0.05, 0) is 81.8 Å². The summed E-state index contributed by atoms with van der Waals surface area (Å²) >= 11 is 0. The number of ether oxygens (including phenoxy) is 2. The summed E-state index contributed by atoms with van der Waals surface area (Å²) in [5.41, 5.74) is 1.66. The Kier molecular flexibility index (Phi) is 10.3. The van der Waals surface area contributed by atoms with Gasteiger partial charge in [0.2, 0.25) is 11.8 Å². The number of carbonyl (C=O) groups is 4. The molecule has 14 heteroatoms. The zero-order valence-corrected chi connectivity index (χ0v) is 25.9. The first kappa shape index (κ1) is 33.6. The Morgan fingerprint density at radius 3 is 2.33 bits per heavy atom. The van der Waals surface area contributed by atoms with Crippen LogP contribution >= 0.6 is 0 Å². The predicted molar refractivity (Wildman–Crippen MR) is 159 cm³/mol. The molecule has 3 atom stereocenters. The van der Waals surface area contributed by atoms with E-state index in [9.17, 15) is 33.2 Å². The van der Waals surface area contributed by atoms with E-state index in [-0.39, 0.29) is 18.2 Å². The van der Waals surface area contributed by atoms with Crippen LogP contribution in [0.4, 0.5) is 25.0 Å². The Morgan fingerprint density at radius 2 is 1.73 bits per heavy atom. The molecule has 0 bridgehead atoms. The summed E-state index contributed by atoms with van der Waals surface area (Å²) in [6.45, 7) is 7.23. The van der Waals surface area contributed by atoms with E-state index in [0.29, 0.717) is 37.2 Å². The molecule has 0 aliphatic carbocycles. The first-order valence-corrected chi connectivity index (χ1v) is 14.6. The highest BCUT2D eigenvalue weighted by atomic mass is 19.1. The Morgan fingerprint density at radius 1 is 1.09 bits per heavy atom. The third kappa shape index (κ3) is 7.68. The first-order valence-electron chi connectivity index (χ1n) is 14.6. The van der Waals surface area contributed by atoms with Gasteiger partial charge in [0.05, 0.1) is 5.69 Å². The van der Waals surface area contributed by atoms with E-state index >= 15 is 0 Å². The maximum atomic E-state index is 14.5. The molecule has 1 fully saturated rings. The maximum Gasteiger partial charge on any atom is 0.410 e. The molecule has 0 radical (unpaired) electrons. The van der Waals surface area contributed by atoms with Crippen molar-refractivity contribution < 1.29 is 42.6 Å². The summed E-state index contributed by atoms with van der Waals surface area (Å²) in [6, 6.07) is 4.26. The van der Waals surface area contributed by atoms with Gasteiger partial charge in [0, 0.05) is 26.8 Å². The Hall–Kier alpha value is -4.30. The smallest absolute Gasteiger partial charge is 0.410 e. The predicted octanol–water partition coefficient (Wildman–Crippen LogP) is 3.95. The summed E-state index contributed by atoms with van der Waals surface area (Å²) in [6.07, 6.45) is 0.146. The van der Waals surface area contributed by atoms with Crippen molar-refractivity contribution in [3.63, 3.8) is 0 Å². The number of rotatable bonds is 8. The maximum absolute atomic E-state index is 14.5. The van der Waals surface area contributed by atoms with E-state index < -0.39 is 64.9 Å². The van der Waals surface area contributed by atoms with Gasteiger partial charge < -0.3 is 25.0 Å². The molecule has 2 aromatic rings. The molecule has 0 aromatic heterocycles. The molecule has 244 valence electrons. The average Bonchev–Trinajstić information content (AvgIpc) is 3.39. The van der Waals surface area contributed by atoms with Gasteiger partial charge in [-0.15, -0.1) is 0 Å². The van der Waals surface area contributed by atoms with Gasteiger partial charge in [-0.2, -0.15) is 0 Å². The number of likely N-dealkylation sites (N-methyl/N-ethyl adjacent to an activating group) is 1. The molecule has 4 amide bonds. The van der Waals surface area contributed by atoms with Crippen molar-refractivity contribution in [1.29, 1.82) is 0 Å². The fourth-order valence-corrected chi connectivity index (χ4v) is 5.35. The van der Waals surface area contributed by atoms with Crippen molar-refractivity contribution in [2.75, 3.05) is 31.1 Å². The van der Waals surface area contributed by atoms with Gasteiger partial charge in [-0.1, -0.05) is 12.1 Å². The van der Waals surface area contributed by atoms with Crippen LogP contribution in [0.5, 0.6) is 0 Å². The van der Waals surface area contributed by atoms with E-state index in [4.69, 9.17) is 9.47 Å². The lowest BCUT2D eigenvalue weighted by atomic mass is 9.90. The zero-order chi connectivity index (χ0) is 33.1. The van der Waals surface area contributed by atoms with E-state index in [1.54, 1.807) is 32.9 Å². The van der Waals surface area contributed by atoms with Gasteiger partial charge in [-0.25, -0.2) is 13.6 Å². The number of benzene rings is 2. The second-order valence-corrected chi connectivity index (χ2v) is 12.2. The highest BCUT2D eigenvalue weighted by molar-refractivity contribution is 6.00. The minimum atomic E-state index is -1.36. The fraction of sp³-hybridized carbons (Fsp3) is 0.484. The molecular weight excluding hydrogens is 592 g/mol. The third-order valence-corrected chi connectivity index (χ3v) is 7.91. The lowest BCUT2D eigenvalue weighted by molar-refractivity contribution is -0.144. The number of hydrogen-bond donors (Lipinski definition) is 4. The largest absolute Gasteiger partial charge is 0.444 e. The van der Waals surface area contributed by atoms with Gasteiger partial charge in [0.15, 0.2) is 0 Å². The highest BCUT2D eigenvalue weighted by Crippen LogP contribution is 2.38. The molecule has 4 N–H and O–H groups in total. The van der Waals surface area contributed by atoms with Gasteiger partial charge >= 0.3 is 6.09 Å². The summed E-state index contributed by atoms with van der Waals surface area (Å²) < 4.78 is 39.8. The zero-order valence-electron chi connectivity index (χ0n) is 25.9. The minimum absolute atomic E-state index is 0.0549. The quantitative estimate of drug-likeness (QED) is 0.320. The number of amides is 4. The molecule has 12 nitrogen and oxygen atoms in total. The summed E-state index contributed by atoms with van der Waals surface area (Å²) in [5, 5.41) is 14.6. The van der Waals surface area contributed by atoms with E-state index in [1.165, 1.54) is 24.9 Å². The fourth-order valence-electron chi connectivity index (χ4n) is 5.35. The summed E-state index contributed by atoms with van der Waals surface area (Å²) in [5.74, 6) is -4.49. The Balaban J connectivity index is 1.66. The lowest BCUT2D eigenvalue weighted by Crippen LogP contribution is -2.57. The van der Waals surface area contributed by atoms with Crippen LogP contribution in [0.2, 0.25) is 0 Å². The van der Waals surface area contributed by atoms with Crippen LogP contribution in [0, 0.1) is 17.6 Å². The minimum Gasteiger partial charge on any atom is -0.444 e. The number of carbonyl (C=O) groups excluding carboxylic acids is 4. The molecule has 2 heterocycles. The summed E-state index contributed by atoms with van der Waals surface area (Å²) in [4.78, 5) is 56.6. The van der Waals surface area contributed by atoms with E-state index in [0.717, 1.165) is 23.1 Å². The number of hydrogen-bond acceptors (Lipinski definition) is 8. The topological polar surface area (TPSA) is 150 Å². The van der Waals surface area contributed by atoms with Gasteiger partial charge in [0.25, 0.3) is 5.91 Å². The van der Waals surface area contributed by atoms with Crippen LogP contribution in [0.15, 0.2) is 36.4 Å². The monoisotopic (exact) mass is 631 g/mol. The number of halogens is 2. The van der Waals surface area contributed by atoms with Crippen LogP contribution < -0.4 is 16.1 Å². The number of anilines is 2. The van der Waals surface area contributed by atoms with Crippen LogP contribution in [0.25, 0.3) is 0 Å². The van der Waals surface area contributed by atoms with Crippen molar-refractivity contribution in [3.05, 3.63) is 59.2 Å². The number of nitrogens with one attached hydrogen (secondary N) is 3. The average molecular weight is 632 g/mol. The van der Waals surface area contributed by atoms with Crippen molar-refractivity contribution in [3.8, 4) is 0 Å². The second-order valence-electron chi connectivity index (χ2n) is 12.2. The molecule has 1 unspecified atom stereocenters. The molecule has 45 heavy (non-hydrogen) atoms. The highest BCUT2D eigenvalue weighted by Gasteiger charge is 2.44. The van der Waals surface area contributed by atoms with Crippen molar-refractivity contribution in [1.82, 2.24) is 15.1 Å². The molecule has 4 rings (SSSR count). The van der Waals surface area contributed by atoms with Crippen molar-refractivity contribution in [2.24, 2.45) is 5.92 Å². The number of para-hydroxylation sites is 1. The molecule has 0 spiro atoms. The SMILES string of the molecule is C[C@@H](C(=O)NC(C(=O)N1Cc2ccc(NO)cc2[C@H]1C(=O)Nc1c(F)cccc1F)C1CCOCC1)N(C)C(=O)OC(C)(C)C. The molecule has 0 saturated carbocycles. The summed E-state index contributed by atoms with van der Waals surface area (Å²) in [7, 11) is 1.41. The molecule has 2 aliphatic heterocycles. The van der Waals surface area contributed by atoms with Crippen LogP contribution in [0.1, 0.15) is 57.7 Å². The van der Waals surface area contributed by atoms with E-state index in [1.807, 2.05) is 5.48 Å². The first-order chi connectivity index (χ1) is 21.2. The van der Waals surface area contributed by atoms with Gasteiger partial charge in [0.1, 0.15) is 41.0 Å². The van der Waals surface area contributed by atoms with Crippen molar-refractivity contribution >= 4 is 35.2 Å². The third-order valence-electron chi connectivity index (χ3n) is 7.91.